The number of benzene rings is 2. The van der Waals surface area contributed by atoms with Crippen LogP contribution in [-0.4, -0.2) is 66.8 Å². The normalized spacial score (nSPS) is 16.7. The van der Waals surface area contributed by atoms with Crippen LogP contribution in [-0.2, 0) is 23.1 Å². The average molecular weight is 520 g/mol. The molecule has 3 heterocycles. The van der Waals surface area contributed by atoms with E-state index in [-0.39, 0.29) is 0 Å². The zero-order valence-electron chi connectivity index (χ0n) is 21.4. The van der Waals surface area contributed by atoms with Crippen LogP contribution in [0.2, 0.25) is 0 Å². The van der Waals surface area contributed by atoms with Crippen molar-refractivity contribution in [3.63, 3.8) is 0 Å². The Labute approximate surface area is 218 Å². The molecule has 1 atom stereocenters. The molecule has 0 aliphatic carbocycles. The second-order valence-corrected chi connectivity index (χ2v) is 11.7. The van der Waals surface area contributed by atoms with Crippen molar-refractivity contribution < 1.29 is 8.42 Å². The highest BCUT2D eigenvalue weighted by molar-refractivity contribution is 7.92. The first-order valence-corrected chi connectivity index (χ1v) is 14.3. The molecule has 0 amide bonds. The quantitative estimate of drug-likeness (QED) is 0.368. The van der Waals surface area contributed by atoms with Crippen LogP contribution in [0.1, 0.15) is 18.1 Å². The molecule has 2 aromatic heterocycles. The van der Waals surface area contributed by atoms with Crippen LogP contribution in [0.15, 0.2) is 67.0 Å². The fourth-order valence-corrected chi connectivity index (χ4v) is 5.24. The van der Waals surface area contributed by atoms with E-state index in [1.165, 1.54) is 16.1 Å². The smallest absolute Gasteiger partial charge is 0.232 e. The standard InChI is InChI=1S/C27H33N7O2S/c1-20-17-33(15-13-28-20)18-21-8-10-24(11-9-21)30-27-29-16-22-12-14-34(26(22)31-27)19-23-6-4-5-7-25(23)32(2)37(3,35)36/h4-12,14,16,20,28H,13,15,17-19H2,1-3H3,(H,29,30,31). The van der Waals surface area contributed by atoms with Crippen molar-refractivity contribution in [2.24, 2.45) is 0 Å². The summed E-state index contributed by atoms with van der Waals surface area (Å²) >= 11 is 0. The fourth-order valence-electron chi connectivity index (χ4n) is 4.71. The number of anilines is 3. The highest BCUT2D eigenvalue weighted by Gasteiger charge is 2.17. The van der Waals surface area contributed by atoms with E-state index >= 15 is 0 Å². The molecule has 1 aliphatic heterocycles. The summed E-state index contributed by atoms with van der Waals surface area (Å²) < 4.78 is 27.6. The van der Waals surface area contributed by atoms with Gasteiger partial charge in [-0.3, -0.25) is 9.21 Å². The minimum absolute atomic E-state index is 0.481. The number of fused-ring (bicyclic) bond motifs is 1. The SMILES string of the molecule is CC1CN(Cc2ccc(Nc3ncc4ccn(Cc5ccccc5N(C)S(C)(=O)=O)c4n3)cc2)CCN1. The third-order valence-electron chi connectivity index (χ3n) is 6.74. The summed E-state index contributed by atoms with van der Waals surface area (Å²) in [6, 6.07) is 18.4. The minimum atomic E-state index is -3.37. The Morgan fingerprint density at radius 2 is 1.89 bits per heavy atom. The summed E-state index contributed by atoms with van der Waals surface area (Å²) in [6.45, 7) is 6.80. The second-order valence-electron chi connectivity index (χ2n) is 9.69. The molecule has 5 rings (SSSR count). The predicted octanol–water partition coefficient (Wildman–Crippen LogP) is 3.41. The Balaban J connectivity index is 1.32. The van der Waals surface area contributed by atoms with Crippen molar-refractivity contribution in [3.05, 3.63) is 78.1 Å². The molecule has 10 heteroatoms. The molecule has 0 bridgehead atoms. The molecule has 2 N–H and O–H groups in total. The lowest BCUT2D eigenvalue weighted by Crippen LogP contribution is -2.48. The van der Waals surface area contributed by atoms with Crippen LogP contribution in [0.25, 0.3) is 11.0 Å². The van der Waals surface area contributed by atoms with Gasteiger partial charge < -0.3 is 15.2 Å². The summed E-state index contributed by atoms with van der Waals surface area (Å²) in [5.74, 6) is 0.512. The molecule has 1 aliphatic rings. The molecule has 1 unspecified atom stereocenters. The van der Waals surface area contributed by atoms with E-state index in [0.29, 0.717) is 24.2 Å². The molecule has 1 fully saturated rings. The Bertz CT molecular complexity index is 1480. The molecule has 0 radical (unpaired) electrons. The van der Waals surface area contributed by atoms with E-state index in [2.05, 4.69) is 51.7 Å². The summed E-state index contributed by atoms with van der Waals surface area (Å²) in [4.78, 5) is 11.7. The Morgan fingerprint density at radius 1 is 1.11 bits per heavy atom. The van der Waals surface area contributed by atoms with Crippen LogP contribution < -0.4 is 14.9 Å². The van der Waals surface area contributed by atoms with Gasteiger partial charge in [0.1, 0.15) is 5.65 Å². The van der Waals surface area contributed by atoms with Crippen LogP contribution >= 0.6 is 0 Å². The van der Waals surface area contributed by atoms with Gasteiger partial charge >= 0.3 is 0 Å². The van der Waals surface area contributed by atoms with Gasteiger partial charge in [0.25, 0.3) is 0 Å². The number of nitrogens with zero attached hydrogens (tertiary/aromatic N) is 5. The number of hydrogen-bond donors (Lipinski definition) is 2. The van der Waals surface area contributed by atoms with E-state index in [4.69, 9.17) is 4.98 Å². The first kappa shape index (κ1) is 25.2. The van der Waals surface area contributed by atoms with E-state index < -0.39 is 10.0 Å². The number of para-hydroxylation sites is 1. The number of piperazine rings is 1. The van der Waals surface area contributed by atoms with Gasteiger partial charge in [-0.2, -0.15) is 4.98 Å². The lowest BCUT2D eigenvalue weighted by Gasteiger charge is -2.31. The van der Waals surface area contributed by atoms with Crippen molar-refractivity contribution in [3.8, 4) is 0 Å². The van der Waals surface area contributed by atoms with Crippen LogP contribution in [0.5, 0.6) is 0 Å². The van der Waals surface area contributed by atoms with Gasteiger partial charge in [-0.25, -0.2) is 13.4 Å². The first-order chi connectivity index (χ1) is 17.8. The monoisotopic (exact) mass is 519 g/mol. The summed E-state index contributed by atoms with van der Waals surface area (Å²) in [5, 5.41) is 7.72. The lowest BCUT2D eigenvalue weighted by atomic mass is 10.1. The zero-order valence-corrected chi connectivity index (χ0v) is 22.2. The second kappa shape index (κ2) is 10.5. The fraction of sp³-hybridized carbons (Fsp3) is 0.333. The molecule has 9 nitrogen and oxygen atoms in total. The summed E-state index contributed by atoms with van der Waals surface area (Å²) in [7, 11) is -1.80. The van der Waals surface area contributed by atoms with E-state index in [0.717, 1.165) is 48.5 Å². The Hall–Kier alpha value is -3.47. The van der Waals surface area contributed by atoms with Gasteiger partial charge in [0.2, 0.25) is 16.0 Å². The van der Waals surface area contributed by atoms with Crippen LogP contribution in [0.3, 0.4) is 0 Å². The molecular formula is C27H33N7O2S. The maximum absolute atomic E-state index is 12.1. The number of nitrogens with one attached hydrogen (secondary N) is 2. The maximum Gasteiger partial charge on any atom is 0.232 e. The molecule has 37 heavy (non-hydrogen) atoms. The molecule has 1 saturated heterocycles. The van der Waals surface area contributed by atoms with Crippen molar-refractivity contribution in [1.29, 1.82) is 0 Å². The third kappa shape index (κ3) is 5.93. The van der Waals surface area contributed by atoms with Gasteiger partial charge in [0.15, 0.2) is 0 Å². The van der Waals surface area contributed by atoms with Gasteiger partial charge in [-0.05, 0) is 42.3 Å². The Morgan fingerprint density at radius 3 is 2.65 bits per heavy atom. The lowest BCUT2D eigenvalue weighted by molar-refractivity contribution is 0.199. The molecule has 0 saturated carbocycles. The highest BCUT2D eigenvalue weighted by Crippen LogP contribution is 2.25. The van der Waals surface area contributed by atoms with Gasteiger partial charge in [0, 0.05) is 62.7 Å². The maximum atomic E-state index is 12.1. The number of aromatic nitrogens is 3. The first-order valence-electron chi connectivity index (χ1n) is 12.4. The van der Waals surface area contributed by atoms with Crippen molar-refractivity contribution in [2.45, 2.75) is 26.1 Å². The van der Waals surface area contributed by atoms with E-state index in [1.54, 1.807) is 13.2 Å². The number of sulfonamides is 1. The largest absolute Gasteiger partial charge is 0.328 e. The molecular weight excluding hydrogens is 486 g/mol. The predicted molar refractivity (Wildman–Crippen MR) is 149 cm³/mol. The Kier molecular flexibility index (Phi) is 7.14. The molecule has 194 valence electrons. The zero-order chi connectivity index (χ0) is 26.0. The van der Waals surface area contributed by atoms with Gasteiger partial charge in [0.05, 0.1) is 18.5 Å². The topological polar surface area (TPSA) is 95.4 Å². The number of rotatable bonds is 8. The molecule has 4 aromatic rings. The van der Waals surface area contributed by atoms with E-state index in [9.17, 15) is 8.42 Å². The minimum Gasteiger partial charge on any atom is -0.328 e. The highest BCUT2D eigenvalue weighted by atomic mass is 32.2. The van der Waals surface area contributed by atoms with Crippen molar-refractivity contribution >= 4 is 38.4 Å². The van der Waals surface area contributed by atoms with E-state index in [1.807, 2.05) is 41.1 Å². The molecule has 2 aromatic carbocycles. The third-order valence-corrected chi connectivity index (χ3v) is 7.93. The van der Waals surface area contributed by atoms with Crippen LogP contribution in [0.4, 0.5) is 17.3 Å². The average Bonchev–Trinajstić information content (AvgIpc) is 3.26. The van der Waals surface area contributed by atoms with Crippen LogP contribution in [0, 0.1) is 0 Å². The van der Waals surface area contributed by atoms with Crippen molar-refractivity contribution in [1.82, 2.24) is 24.8 Å². The van der Waals surface area contributed by atoms with Gasteiger partial charge in [-0.15, -0.1) is 0 Å². The van der Waals surface area contributed by atoms with Gasteiger partial charge in [-0.1, -0.05) is 30.3 Å². The number of hydrogen-bond acceptors (Lipinski definition) is 7. The van der Waals surface area contributed by atoms with Crippen molar-refractivity contribution in [2.75, 3.05) is 42.6 Å². The summed E-state index contributed by atoms with van der Waals surface area (Å²) in [5.41, 5.74) is 4.52. The molecule has 0 spiro atoms. The summed E-state index contributed by atoms with van der Waals surface area (Å²) in [6.07, 6.45) is 4.96.